The van der Waals surface area contributed by atoms with Gasteiger partial charge in [-0.25, -0.2) is 0 Å². The predicted molar refractivity (Wildman–Crippen MR) is 139 cm³/mol. The summed E-state index contributed by atoms with van der Waals surface area (Å²) in [6.07, 6.45) is 1.80. The second-order valence-electron chi connectivity index (χ2n) is 8.26. The average Bonchev–Trinajstić information content (AvgIpc) is 3.51. The van der Waals surface area contributed by atoms with Crippen molar-refractivity contribution < 1.29 is 13.9 Å². The minimum atomic E-state index is -0.157. The van der Waals surface area contributed by atoms with Gasteiger partial charge in [-0.15, -0.1) is 0 Å². The van der Waals surface area contributed by atoms with Gasteiger partial charge in [-0.2, -0.15) is 0 Å². The summed E-state index contributed by atoms with van der Waals surface area (Å²) >= 11 is 5.79. The first-order valence-electron chi connectivity index (χ1n) is 11.6. The van der Waals surface area contributed by atoms with E-state index in [1.807, 2.05) is 73.7 Å². The van der Waals surface area contributed by atoms with Gasteiger partial charge >= 0.3 is 0 Å². The van der Waals surface area contributed by atoms with Gasteiger partial charge in [0.25, 0.3) is 0 Å². The van der Waals surface area contributed by atoms with E-state index in [1.165, 1.54) is 0 Å². The van der Waals surface area contributed by atoms with E-state index < -0.39 is 0 Å². The smallest absolute Gasteiger partial charge is 0.170 e. The number of benzene rings is 2. The number of rotatable bonds is 8. The lowest BCUT2D eigenvalue weighted by Crippen LogP contribution is -2.29. The number of methoxy groups -OCH3 is 1. The van der Waals surface area contributed by atoms with Crippen LogP contribution in [0.1, 0.15) is 36.0 Å². The normalized spacial score (nSPS) is 17.3. The van der Waals surface area contributed by atoms with Crippen molar-refractivity contribution in [1.82, 2.24) is 15.2 Å². The van der Waals surface area contributed by atoms with Crippen LogP contribution in [-0.2, 0) is 6.54 Å². The van der Waals surface area contributed by atoms with E-state index in [2.05, 4.69) is 27.3 Å². The summed E-state index contributed by atoms with van der Waals surface area (Å²) in [5.74, 6) is 3.29. The molecule has 0 unspecified atom stereocenters. The Bertz CT molecular complexity index is 1270. The van der Waals surface area contributed by atoms with Gasteiger partial charge in [0.15, 0.2) is 5.11 Å². The van der Waals surface area contributed by atoms with E-state index in [-0.39, 0.29) is 12.1 Å². The van der Waals surface area contributed by atoms with Crippen LogP contribution in [0.25, 0.3) is 11.3 Å². The van der Waals surface area contributed by atoms with Crippen LogP contribution in [0.15, 0.2) is 89.5 Å². The zero-order chi connectivity index (χ0) is 24.2. The van der Waals surface area contributed by atoms with Gasteiger partial charge in [-0.05, 0) is 85.4 Å². The van der Waals surface area contributed by atoms with Crippen molar-refractivity contribution in [2.75, 3.05) is 13.7 Å². The number of pyridine rings is 1. The molecular weight excluding hydrogens is 458 g/mol. The third kappa shape index (κ3) is 4.86. The van der Waals surface area contributed by atoms with Crippen molar-refractivity contribution >= 4 is 17.3 Å². The number of hydrogen-bond donors (Lipinski definition) is 1. The van der Waals surface area contributed by atoms with Gasteiger partial charge in [-0.1, -0.05) is 18.2 Å². The van der Waals surface area contributed by atoms with Crippen LogP contribution in [0, 0.1) is 0 Å². The Hall–Kier alpha value is -3.84. The molecule has 35 heavy (non-hydrogen) atoms. The fraction of sp³-hybridized carbons (Fsp3) is 0.214. The molecule has 3 heterocycles. The Kier molecular flexibility index (Phi) is 6.68. The first kappa shape index (κ1) is 22.9. The van der Waals surface area contributed by atoms with Crippen molar-refractivity contribution in [2.24, 2.45) is 0 Å². The first-order chi connectivity index (χ1) is 17.2. The van der Waals surface area contributed by atoms with Gasteiger partial charge in [-0.3, -0.25) is 4.98 Å². The molecule has 5 rings (SSSR count). The molecule has 1 N–H and O–H groups in total. The van der Waals surface area contributed by atoms with Crippen molar-refractivity contribution in [3.05, 3.63) is 102 Å². The maximum Gasteiger partial charge on any atom is 0.170 e. The zero-order valence-corrected chi connectivity index (χ0v) is 20.5. The molecule has 0 spiro atoms. The fourth-order valence-corrected chi connectivity index (χ4v) is 4.67. The van der Waals surface area contributed by atoms with Gasteiger partial charge in [0.1, 0.15) is 29.1 Å². The van der Waals surface area contributed by atoms with Crippen molar-refractivity contribution in [1.29, 1.82) is 0 Å². The van der Waals surface area contributed by atoms with E-state index in [1.54, 1.807) is 13.3 Å². The summed E-state index contributed by atoms with van der Waals surface area (Å²) in [6.45, 7) is 3.24. The molecular formula is C28H27N3O3S. The molecule has 2 aromatic heterocycles. The van der Waals surface area contributed by atoms with Crippen molar-refractivity contribution in [3.8, 4) is 22.8 Å². The van der Waals surface area contributed by atoms with E-state index in [0.717, 1.165) is 39.8 Å². The molecule has 6 nitrogen and oxygen atoms in total. The average molecular weight is 486 g/mol. The lowest BCUT2D eigenvalue weighted by molar-refractivity contribution is 0.269. The topological polar surface area (TPSA) is 59.8 Å². The molecule has 1 saturated heterocycles. The Morgan fingerprint density at radius 3 is 2.43 bits per heavy atom. The Balaban J connectivity index is 1.48. The van der Waals surface area contributed by atoms with Crippen LogP contribution < -0.4 is 14.8 Å². The van der Waals surface area contributed by atoms with Crippen LogP contribution >= 0.6 is 12.2 Å². The minimum Gasteiger partial charge on any atom is -0.497 e. The maximum atomic E-state index is 6.43. The highest BCUT2D eigenvalue weighted by Gasteiger charge is 2.41. The summed E-state index contributed by atoms with van der Waals surface area (Å²) in [4.78, 5) is 6.77. The largest absolute Gasteiger partial charge is 0.497 e. The van der Waals surface area contributed by atoms with Crippen molar-refractivity contribution in [2.45, 2.75) is 25.6 Å². The highest BCUT2D eigenvalue weighted by molar-refractivity contribution is 7.80. The lowest BCUT2D eigenvalue weighted by atomic mass is 10.0. The first-order valence-corrected chi connectivity index (χ1v) is 12.0. The second kappa shape index (κ2) is 10.2. The number of nitrogens with zero attached hydrogens (tertiary/aromatic N) is 2. The van der Waals surface area contributed by atoms with Crippen LogP contribution in [-0.4, -0.2) is 28.7 Å². The number of hydrogen-bond acceptors (Lipinski definition) is 5. The van der Waals surface area contributed by atoms with E-state index in [0.29, 0.717) is 18.3 Å². The molecule has 1 fully saturated rings. The second-order valence-corrected chi connectivity index (χ2v) is 8.65. The molecule has 4 aromatic rings. The Morgan fingerprint density at radius 1 is 0.971 bits per heavy atom. The minimum absolute atomic E-state index is 0.138. The molecule has 7 heteroatoms. The third-order valence-electron chi connectivity index (χ3n) is 6.08. The van der Waals surface area contributed by atoms with Gasteiger partial charge in [0, 0.05) is 18.3 Å². The van der Waals surface area contributed by atoms with E-state index >= 15 is 0 Å². The zero-order valence-electron chi connectivity index (χ0n) is 19.7. The number of nitrogens with one attached hydrogen (secondary N) is 1. The predicted octanol–water partition coefficient (Wildman–Crippen LogP) is 5.92. The summed E-state index contributed by atoms with van der Waals surface area (Å²) in [5, 5.41) is 4.14. The number of thiocarbonyl (C=S) groups is 1. The number of furan rings is 1. The maximum absolute atomic E-state index is 6.43. The van der Waals surface area contributed by atoms with E-state index in [4.69, 9.17) is 26.1 Å². The van der Waals surface area contributed by atoms with Crippen LogP contribution in [0.4, 0.5) is 0 Å². The van der Waals surface area contributed by atoms with Gasteiger partial charge in [0.05, 0.1) is 25.5 Å². The summed E-state index contributed by atoms with van der Waals surface area (Å²) in [6, 6.07) is 25.6. The molecule has 0 aliphatic carbocycles. The van der Waals surface area contributed by atoms with Crippen LogP contribution in [0.3, 0.4) is 0 Å². The summed E-state index contributed by atoms with van der Waals surface area (Å²) < 4.78 is 17.3. The van der Waals surface area contributed by atoms with Crippen LogP contribution in [0.2, 0.25) is 0 Å². The van der Waals surface area contributed by atoms with Crippen LogP contribution in [0.5, 0.6) is 11.5 Å². The molecule has 2 aromatic carbocycles. The molecule has 1 aliphatic rings. The number of ether oxygens (including phenoxy) is 2. The van der Waals surface area contributed by atoms with E-state index in [9.17, 15) is 0 Å². The number of aromatic nitrogens is 1. The fourth-order valence-electron chi connectivity index (χ4n) is 4.36. The van der Waals surface area contributed by atoms with Gasteiger partial charge < -0.3 is 24.1 Å². The lowest BCUT2D eigenvalue weighted by Gasteiger charge is -2.26. The van der Waals surface area contributed by atoms with Crippen molar-refractivity contribution in [3.63, 3.8) is 0 Å². The molecule has 0 bridgehead atoms. The molecule has 0 amide bonds. The summed E-state index contributed by atoms with van der Waals surface area (Å²) in [7, 11) is 1.67. The molecule has 0 radical (unpaired) electrons. The standard InChI is InChI=1S/C28H27N3O3S/c1-3-33-22-13-9-20(10-14-22)24-15-16-25(34-24)27-26(23-6-4-5-17-29-23)30-28(35)31(27)18-19-7-11-21(32-2)12-8-19/h4-17,26-27H,3,18H2,1-2H3,(H,30,35)/t26-,27-/m1/s1. The SMILES string of the molecule is CCOc1ccc(-c2ccc([C@@H]3[C@@H](c4ccccn4)NC(=S)N3Cc3ccc(OC)cc3)o2)cc1. The van der Waals surface area contributed by atoms with Gasteiger partial charge in [0.2, 0.25) is 0 Å². The highest BCUT2D eigenvalue weighted by atomic mass is 32.1. The molecule has 2 atom stereocenters. The molecule has 1 aliphatic heterocycles. The highest BCUT2D eigenvalue weighted by Crippen LogP contribution is 2.41. The summed E-state index contributed by atoms with van der Waals surface area (Å²) in [5.41, 5.74) is 3.03. The Labute approximate surface area is 210 Å². The quantitative estimate of drug-likeness (QED) is 0.311. The third-order valence-corrected chi connectivity index (χ3v) is 6.43. The molecule has 178 valence electrons. The Morgan fingerprint density at radius 2 is 1.74 bits per heavy atom. The monoisotopic (exact) mass is 485 g/mol. The molecule has 0 saturated carbocycles.